The van der Waals surface area contributed by atoms with E-state index in [2.05, 4.69) is 6.92 Å². The van der Waals surface area contributed by atoms with Gasteiger partial charge in [-0.25, -0.2) is 4.79 Å². The molecular weight excluding hydrogens is 300 g/mol. The maximum atomic E-state index is 11.1. The van der Waals surface area contributed by atoms with Gasteiger partial charge in [0.25, 0.3) is 0 Å². The lowest BCUT2D eigenvalue weighted by atomic mass is 9.92. The maximum Gasteiger partial charge on any atom is 0.343 e. The molecule has 1 aromatic rings. The molecule has 0 saturated carbocycles. The van der Waals surface area contributed by atoms with E-state index in [0.29, 0.717) is 12.0 Å². The van der Waals surface area contributed by atoms with Gasteiger partial charge in [-0.3, -0.25) is 0 Å². The van der Waals surface area contributed by atoms with Crippen LogP contribution in [0.4, 0.5) is 0 Å². The number of carbonyl (C=O) groups is 1. The van der Waals surface area contributed by atoms with Gasteiger partial charge in [0.2, 0.25) is 0 Å². The lowest BCUT2D eigenvalue weighted by Crippen LogP contribution is -2.26. The Bertz CT molecular complexity index is 569. The van der Waals surface area contributed by atoms with Crippen LogP contribution in [-0.2, 0) is 11.2 Å². The number of unbranched alkanes of at least 4 members (excludes halogenated alkanes) is 4. The highest BCUT2D eigenvalue weighted by Crippen LogP contribution is 2.42. The predicted molar refractivity (Wildman–Crippen MR) is 83.6 cm³/mol. The maximum absolute atomic E-state index is 11.1. The standard InChI is InChI=1S/C17H24O6/c1-2-3-4-5-6-7-11-8-10-9-12(18)14(16(20)21)15(19)13(10)17(22)23-11/h9,11,17-19,22H,2-8H2,1H3,(H,20,21)/t11-,17?/m1/s1. The smallest absolute Gasteiger partial charge is 0.343 e. The van der Waals surface area contributed by atoms with E-state index >= 15 is 0 Å². The Morgan fingerprint density at radius 1 is 1.26 bits per heavy atom. The molecule has 2 rings (SSSR count). The number of aliphatic hydroxyl groups is 1. The van der Waals surface area contributed by atoms with Crippen molar-refractivity contribution < 1.29 is 30.0 Å². The summed E-state index contributed by atoms with van der Waals surface area (Å²) in [6.07, 6.45) is 5.28. The highest BCUT2D eigenvalue weighted by atomic mass is 16.6. The molecule has 0 spiro atoms. The molecule has 4 N–H and O–H groups in total. The second-order valence-corrected chi connectivity index (χ2v) is 6.01. The number of fused-ring (bicyclic) bond motifs is 1. The summed E-state index contributed by atoms with van der Waals surface area (Å²) in [6, 6.07) is 1.30. The third-order valence-corrected chi connectivity index (χ3v) is 4.26. The third kappa shape index (κ3) is 3.95. The van der Waals surface area contributed by atoms with Crippen molar-refractivity contribution in [2.75, 3.05) is 0 Å². The Balaban J connectivity index is 2.10. The first-order chi connectivity index (χ1) is 11.0. The zero-order valence-corrected chi connectivity index (χ0v) is 13.3. The van der Waals surface area contributed by atoms with Crippen molar-refractivity contribution in [1.82, 2.24) is 0 Å². The average Bonchev–Trinajstić information content (AvgIpc) is 2.45. The number of rotatable bonds is 7. The van der Waals surface area contributed by atoms with Crippen LogP contribution in [0.5, 0.6) is 11.5 Å². The van der Waals surface area contributed by atoms with Gasteiger partial charge in [0.05, 0.1) is 11.7 Å². The van der Waals surface area contributed by atoms with Crippen LogP contribution in [0.1, 0.15) is 73.2 Å². The van der Waals surface area contributed by atoms with Crippen LogP contribution in [-0.4, -0.2) is 32.5 Å². The Morgan fingerprint density at radius 3 is 2.61 bits per heavy atom. The number of phenols is 2. The average molecular weight is 324 g/mol. The molecule has 0 aliphatic carbocycles. The molecule has 0 bridgehead atoms. The molecule has 0 aromatic heterocycles. The largest absolute Gasteiger partial charge is 0.507 e. The van der Waals surface area contributed by atoms with Crippen molar-refractivity contribution >= 4 is 5.97 Å². The van der Waals surface area contributed by atoms with Crippen LogP contribution in [0.25, 0.3) is 0 Å². The molecule has 23 heavy (non-hydrogen) atoms. The molecule has 0 radical (unpaired) electrons. The topological polar surface area (TPSA) is 107 Å². The van der Waals surface area contributed by atoms with Crippen LogP contribution in [0.15, 0.2) is 6.07 Å². The quantitative estimate of drug-likeness (QED) is 0.574. The van der Waals surface area contributed by atoms with E-state index in [4.69, 9.17) is 9.84 Å². The number of aliphatic hydroxyl groups excluding tert-OH is 1. The van der Waals surface area contributed by atoms with Crippen LogP contribution in [0.3, 0.4) is 0 Å². The summed E-state index contributed by atoms with van der Waals surface area (Å²) in [6.45, 7) is 2.15. The summed E-state index contributed by atoms with van der Waals surface area (Å²) in [4.78, 5) is 11.1. The number of hydrogen-bond acceptors (Lipinski definition) is 5. The summed E-state index contributed by atoms with van der Waals surface area (Å²) in [5.74, 6) is -2.57. The Hall–Kier alpha value is -1.79. The highest BCUT2D eigenvalue weighted by molar-refractivity contribution is 5.94. The number of carboxylic acids is 1. The van der Waals surface area contributed by atoms with E-state index in [0.717, 1.165) is 19.3 Å². The normalized spacial score (nSPS) is 20.3. The zero-order chi connectivity index (χ0) is 17.0. The minimum Gasteiger partial charge on any atom is -0.507 e. The van der Waals surface area contributed by atoms with Crippen LogP contribution in [0.2, 0.25) is 0 Å². The fraction of sp³-hybridized carbons (Fsp3) is 0.588. The number of hydrogen-bond donors (Lipinski definition) is 4. The molecule has 0 amide bonds. The molecule has 1 aromatic carbocycles. The van der Waals surface area contributed by atoms with Gasteiger partial charge in [0.1, 0.15) is 17.1 Å². The fourth-order valence-corrected chi connectivity index (χ4v) is 3.07. The summed E-state index contributed by atoms with van der Waals surface area (Å²) in [5.41, 5.74) is -0.0332. The van der Waals surface area contributed by atoms with Gasteiger partial charge in [-0.1, -0.05) is 39.0 Å². The van der Waals surface area contributed by atoms with Crippen LogP contribution < -0.4 is 0 Å². The molecule has 1 heterocycles. The van der Waals surface area contributed by atoms with E-state index in [1.165, 1.54) is 25.3 Å². The van der Waals surface area contributed by atoms with Gasteiger partial charge in [-0.2, -0.15) is 0 Å². The fourth-order valence-electron chi connectivity index (χ4n) is 3.07. The lowest BCUT2D eigenvalue weighted by Gasteiger charge is -2.30. The molecule has 1 aliphatic heterocycles. The van der Waals surface area contributed by atoms with Gasteiger partial charge in [0, 0.05) is 0 Å². The Morgan fingerprint density at radius 2 is 1.96 bits per heavy atom. The molecule has 6 nitrogen and oxygen atoms in total. The van der Waals surface area contributed by atoms with E-state index < -0.39 is 29.3 Å². The summed E-state index contributed by atoms with van der Waals surface area (Å²) >= 11 is 0. The SMILES string of the molecule is CCCCCCC[C@@H]1Cc2cc(O)c(C(=O)O)c(O)c2C(O)O1. The molecule has 2 atom stereocenters. The van der Waals surface area contributed by atoms with Crippen molar-refractivity contribution in [3.8, 4) is 11.5 Å². The van der Waals surface area contributed by atoms with Crippen molar-refractivity contribution in [2.24, 2.45) is 0 Å². The van der Waals surface area contributed by atoms with Crippen molar-refractivity contribution in [3.05, 3.63) is 22.8 Å². The summed E-state index contributed by atoms with van der Waals surface area (Å²) in [5, 5.41) is 39.0. The van der Waals surface area contributed by atoms with Crippen LogP contribution >= 0.6 is 0 Å². The second kappa shape index (κ2) is 7.66. The number of aromatic hydroxyl groups is 2. The summed E-state index contributed by atoms with van der Waals surface area (Å²) in [7, 11) is 0. The van der Waals surface area contributed by atoms with Crippen molar-refractivity contribution in [2.45, 2.75) is 64.3 Å². The minimum absolute atomic E-state index is 0.0439. The number of benzene rings is 1. The van der Waals surface area contributed by atoms with Gasteiger partial charge < -0.3 is 25.2 Å². The van der Waals surface area contributed by atoms with E-state index in [1.54, 1.807) is 0 Å². The second-order valence-electron chi connectivity index (χ2n) is 6.01. The Kier molecular flexibility index (Phi) is 5.85. The minimum atomic E-state index is -1.45. The van der Waals surface area contributed by atoms with Gasteiger partial charge >= 0.3 is 5.97 Å². The van der Waals surface area contributed by atoms with Crippen LogP contribution in [0, 0.1) is 0 Å². The molecular formula is C17H24O6. The highest BCUT2D eigenvalue weighted by Gasteiger charge is 2.32. The van der Waals surface area contributed by atoms with Gasteiger partial charge in [0.15, 0.2) is 6.29 Å². The number of ether oxygens (including phenoxy) is 1. The zero-order valence-electron chi connectivity index (χ0n) is 13.3. The first-order valence-corrected chi connectivity index (χ1v) is 8.10. The van der Waals surface area contributed by atoms with Crippen molar-refractivity contribution in [3.63, 3.8) is 0 Å². The predicted octanol–water partition coefficient (Wildman–Crippen LogP) is 3.09. The van der Waals surface area contributed by atoms with Gasteiger partial charge in [-0.05, 0) is 24.5 Å². The molecule has 0 fully saturated rings. The monoisotopic (exact) mass is 324 g/mol. The molecule has 1 unspecified atom stereocenters. The number of aromatic carboxylic acids is 1. The summed E-state index contributed by atoms with van der Waals surface area (Å²) < 4.78 is 5.50. The molecule has 128 valence electrons. The molecule has 6 heteroatoms. The first kappa shape index (κ1) is 17.6. The molecule has 1 aliphatic rings. The first-order valence-electron chi connectivity index (χ1n) is 8.10. The van der Waals surface area contributed by atoms with E-state index in [1.807, 2.05) is 0 Å². The van der Waals surface area contributed by atoms with Crippen molar-refractivity contribution in [1.29, 1.82) is 0 Å². The van der Waals surface area contributed by atoms with E-state index in [9.17, 15) is 20.1 Å². The third-order valence-electron chi connectivity index (χ3n) is 4.26. The lowest BCUT2D eigenvalue weighted by molar-refractivity contribution is -0.151. The molecule has 0 saturated heterocycles. The van der Waals surface area contributed by atoms with Gasteiger partial charge in [-0.15, -0.1) is 0 Å². The Labute approximate surface area is 135 Å². The number of carboxylic acid groups (broad SMARTS) is 1. The van der Waals surface area contributed by atoms with E-state index in [-0.39, 0.29) is 11.7 Å².